The maximum atomic E-state index is 2.83. The highest BCUT2D eigenvalue weighted by Crippen LogP contribution is 2.35. The van der Waals surface area contributed by atoms with Crippen LogP contribution in [0.5, 0.6) is 0 Å². The Hall–Kier alpha value is -0.0400. The Morgan fingerprint density at radius 1 is 0.842 bits per heavy atom. The largest absolute Gasteiger partial charge is 0.300 e. The molecule has 2 aliphatic rings. The van der Waals surface area contributed by atoms with E-state index in [9.17, 15) is 0 Å². The van der Waals surface area contributed by atoms with Gasteiger partial charge in [0, 0.05) is 6.04 Å². The zero-order chi connectivity index (χ0) is 13.8. The Labute approximate surface area is 121 Å². The van der Waals surface area contributed by atoms with Crippen molar-refractivity contribution in [3.8, 4) is 0 Å². The summed E-state index contributed by atoms with van der Waals surface area (Å²) in [5.41, 5.74) is 0. The van der Waals surface area contributed by atoms with Crippen LogP contribution in [0.3, 0.4) is 0 Å². The van der Waals surface area contributed by atoms with Gasteiger partial charge < -0.3 is 4.90 Å². The molecule has 2 rings (SSSR count). The molecule has 1 nitrogen and oxygen atoms in total. The van der Waals surface area contributed by atoms with E-state index in [0.717, 1.165) is 29.7 Å². The van der Waals surface area contributed by atoms with Crippen LogP contribution in [0.4, 0.5) is 0 Å². The molecule has 2 fully saturated rings. The van der Waals surface area contributed by atoms with Gasteiger partial charge in [0.1, 0.15) is 0 Å². The van der Waals surface area contributed by atoms with E-state index in [1.54, 1.807) is 0 Å². The third-order valence-corrected chi connectivity index (χ3v) is 6.22. The molecule has 1 atom stereocenters. The summed E-state index contributed by atoms with van der Waals surface area (Å²) in [7, 11) is 0. The molecule has 0 N–H and O–H groups in total. The molecule has 0 bridgehead atoms. The summed E-state index contributed by atoms with van der Waals surface area (Å²) in [6.45, 7) is 12.4. The van der Waals surface area contributed by atoms with Crippen LogP contribution in [-0.4, -0.2) is 24.0 Å². The predicted molar refractivity (Wildman–Crippen MR) is 84.3 cm³/mol. The van der Waals surface area contributed by atoms with Crippen molar-refractivity contribution in [3.63, 3.8) is 0 Å². The first-order valence-electron chi connectivity index (χ1n) is 8.85. The Bertz CT molecular complexity index is 244. The topological polar surface area (TPSA) is 3.24 Å². The molecule has 0 amide bonds. The van der Waals surface area contributed by atoms with Gasteiger partial charge in [-0.25, -0.2) is 0 Å². The molecule has 0 radical (unpaired) electrons. The molecular formula is C18H35N. The number of likely N-dealkylation sites (tertiary alicyclic amines) is 1. The number of rotatable bonds is 4. The van der Waals surface area contributed by atoms with E-state index in [0.29, 0.717) is 0 Å². The van der Waals surface area contributed by atoms with Crippen LogP contribution in [0.2, 0.25) is 0 Å². The van der Waals surface area contributed by atoms with Gasteiger partial charge in [-0.15, -0.1) is 0 Å². The number of nitrogens with zero attached hydrogens (tertiary/aromatic N) is 1. The standard InChI is InChI=1S/C18H35N/c1-5-15(4)17-6-8-18(9-7-17)19-12-10-16(11-13-19)14(2)3/h14-18H,5-13H2,1-4H3. The molecule has 19 heavy (non-hydrogen) atoms. The smallest absolute Gasteiger partial charge is 0.00954 e. The van der Waals surface area contributed by atoms with Gasteiger partial charge in [-0.2, -0.15) is 0 Å². The van der Waals surface area contributed by atoms with Crippen LogP contribution in [-0.2, 0) is 0 Å². The van der Waals surface area contributed by atoms with Gasteiger partial charge in [0.05, 0.1) is 0 Å². The SMILES string of the molecule is CCC(C)C1CCC(N2CCC(C(C)C)CC2)CC1. The third-order valence-electron chi connectivity index (χ3n) is 6.22. The first kappa shape index (κ1) is 15.4. The second-order valence-corrected chi connectivity index (χ2v) is 7.57. The Kier molecular flexibility index (Phi) is 5.74. The van der Waals surface area contributed by atoms with Gasteiger partial charge in [0.15, 0.2) is 0 Å². The van der Waals surface area contributed by atoms with Crippen LogP contribution in [0.25, 0.3) is 0 Å². The van der Waals surface area contributed by atoms with E-state index in [4.69, 9.17) is 0 Å². The van der Waals surface area contributed by atoms with Gasteiger partial charge in [0.2, 0.25) is 0 Å². The van der Waals surface area contributed by atoms with Gasteiger partial charge in [-0.1, -0.05) is 34.1 Å². The quantitative estimate of drug-likeness (QED) is 0.694. The Balaban J connectivity index is 1.74. The average Bonchev–Trinajstić information content (AvgIpc) is 2.46. The van der Waals surface area contributed by atoms with Crippen molar-refractivity contribution in [2.75, 3.05) is 13.1 Å². The first-order chi connectivity index (χ1) is 9.11. The van der Waals surface area contributed by atoms with Gasteiger partial charge in [-0.05, 0) is 75.3 Å². The van der Waals surface area contributed by atoms with Gasteiger partial charge >= 0.3 is 0 Å². The molecule has 112 valence electrons. The summed E-state index contributed by atoms with van der Waals surface area (Å²) in [5, 5.41) is 0. The average molecular weight is 265 g/mol. The summed E-state index contributed by atoms with van der Waals surface area (Å²) in [5.74, 6) is 3.86. The molecule has 1 aliphatic heterocycles. The van der Waals surface area contributed by atoms with E-state index in [2.05, 4.69) is 32.6 Å². The lowest BCUT2D eigenvalue weighted by Crippen LogP contribution is -2.44. The molecule has 1 unspecified atom stereocenters. The lowest BCUT2D eigenvalue weighted by molar-refractivity contribution is 0.0751. The van der Waals surface area contributed by atoms with E-state index >= 15 is 0 Å². The van der Waals surface area contributed by atoms with E-state index < -0.39 is 0 Å². The minimum absolute atomic E-state index is 0.892. The van der Waals surface area contributed by atoms with E-state index in [-0.39, 0.29) is 0 Å². The molecule has 1 aliphatic carbocycles. The van der Waals surface area contributed by atoms with Crippen molar-refractivity contribution in [1.29, 1.82) is 0 Å². The first-order valence-corrected chi connectivity index (χ1v) is 8.85. The van der Waals surface area contributed by atoms with Crippen LogP contribution in [0.1, 0.15) is 72.6 Å². The molecule has 1 saturated carbocycles. The summed E-state index contributed by atoms with van der Waals surface area (Å²) in [6, 6.07) is 0.924. The zero-order valence-corrected chi connectivity index (χ0v) is 13.7. The van der Waals surface area contributed by atoms with Gasteiger partial charge in [0.25, 0.3) is 0 Å². The van der Waals surface area contributed by atoms with Crippen molar-refractivity contribution < 1.29 is 0 Å². The maximum absolute atomic E-state index is 2.83. The lowest BCUT2D eigenvalue weighted by Gasteiger charge is -2.42. The van der Waals surface area contributed by atoms with Crippen molar-refractivity contribution in [2.45, 2.75) is 78.7 Å². The Morgan fingerprint density at radius 3 is 1.89 bits per heavy atom. The van der Waals surface area contributed by atoms with Crippen LogP contribution >= 0.6 is 0 Å². The fourth-order valence-electron chi connectivity index (χ4n) is 4.32. The highest BCUT2D eigenvalue weighted by Gasteiger charge is 2.30. The van der Waals surface area contributed by atoms with E-state index in [1.807, 2.05) is 0 Å². The maximum Gasteiger partial charge on any atom is 0.00954 e. The molecule has 0 aromatic heterocycles. The van der Waals surface area contributed by atoms with Crippen LogP contribution in [0.15, 0.2) is 0 Å². The van der Waals surface area contributed by atoms with Crippen molar-refractivity contribution in [1.82, 2.24) is 4.90 Å². The molecule has 1 saturated heterocycles. The zero-order valence-electron chi connectivity index (χ0n) is 13.7. The molecule has 0 spiro atoms. The minimum Gasteiger partial charge on any atom is -0.300 e. The third kappa shape index (κ3) is 3.97. The monoisotopic (exact) mass is 265 g/mol. The highest BCUT2D eigenvalue weighted by molar-refractivity contribution is 4.84. The second kappa shape index (κ2) is 7.11. The fraction of sp³-hybridized carbons (Fsp3) is 1.00. The molecule has 0 aromatic carbocycles. The summed E-state index contributed by atoms with van der Waals surface area (Å²) >= 11 is 0. The number of piperidine rings is 1. The molecular weight excluding hydrogens is 230 g/mol. The van der Waals surface area contributed by atoms with Crippen molar-refractivity contribution in [3.05, 3.63) is 0 Å². The summed E-state index contributed by atoms with van der Waals surface area (Å²) < 4.78 is 0. The Morgan fingerprint density at radius 2 is 1.42 bits per heavy atom. The predicted octanol–water partition coefficient (Wildman–Crippen LogP) is 4.96. The number of hydrogen-bond acceptors (Lipinski definition) is 1. The molecule has 1 heteroatoms. The van der Waals surface area contributed by atoms with Crippen molar-refractivity contribution >= 4 is 0 Å². The van der Waals surface area contributed by atoms with Crippen LogP contribution < -0.4 is 0 Å². The fourth-order valence-corrected chi connectivity index (χ4v) is 4.32. The van der Waals surface area contributed by atoms with Gasteiger partial charge in [-0.3, -0.25) is 0 Å². The summed E-state index contributed by atoms with van der Waals surface area (Å²) in [6.07, 6.45) is 10.2. The van der Waals surface area contributed by atoms with E-state index in [1.165, 1.54) is 58.0 Å². The second-order valence-electron chi connectivity index (χ2n) is 7.57. The molecule has 0 aromatic rings. The summed E-state index contributed by atoms with van der Waals surface area (Å²) in [4.78, 5) is 2.83. The van der Waals surface area contributed by atoms with Crippen molar-refractivity contribution in [2.24, 2.45) is 23.7 Å². The van der Waals surface area contributed by atoms with Crippen LogP contribution in [0, 0.1) is 23.7 Å². The minimum atomic E-state index is 0.892. The normalized spacial score (nSPS) is 32.7. The number of hydrogen-bond donors (Lipinski definition) is 0. The highest BCUT2D eigenvalue weighted by atomic mass is 15.2. The lowest BCUT2D eigenvalue weighted by atomic mass is 9.77. The molecule has 1 heterocycles.